The first-order chi connectivity index (χ1) is 4.70. The molecule has 0 bridgehead atoms. The highest BCUT2D eigenvalue weighted by atomic mass is 35.5. The molecule has 0 fully saturated rings. The Morgan fingerprint density at radius 2 is 2.00 bits per heavy atom. The van der Waals surface area contributed by atoms with Crippen LogP contribution in [0.3, 0.4) is 0 Å². The van der Waals surface area contributed by atoms with E-state index in [1.54, 1.807) is 0 Å². The Bertz CT molecular complexity index is 102. The lowest BCUT2D eigenvalue weighted by Gasteiger charge is -2.11. The molecule has 0 aliphatic carbocycles. The molecule has 0 atom stereocenters. The average Bonchev–Trinajstić information content (AvgIpc) is 1.90. The molecule has 0 unspecified atom stereocenters. The maximum atomic E-state index is 10.3. The number of nitrogens with one attached hydrogen (secondary N) is 1. The van der Waals surface area contributed by atoms with Gasteiger partial charge in [-0.15, -0.1) is 0 Å². The monoisotopic (exact) mass is 163 g/mol. The van der Waals surface area contributed by atoms with Crippen LogP contribution in [0.15, 0.2) is 0 Å². The van der Waals surface area contributed by atoms with Crippen molar-refractivity contribution in [2.75, 3.05) is 6.54 Å². The molecule has 0 aromatic carbocycles. The van der Waals surface area contributed by atoms with Crippen LogP contribution < -0.4 is 5.32 Å². The first-order valence-electron chi connectivity index (χ1n) is 3.62. The van der Waals surface area contributed by atoms with Gasteiger partial charge in [-0.05, 0) is 24.4 Å². The minimum atomic E-state index is -0.313. The quantitative estimate of drug-likeness (QED) is 0.623. The fraction of sp³-hybridized carbons (Fsp3) is 0.857. The largest absolute Gasteiger partial charge is 0.306 e. The summed E-state index contributed by atoms with van der Waals surface area (Å²) in [5.74, 6) is 0. The van der Waals surface area contributed by atoms with Gasteiger partial charge in [0.1, 0.15) is 0 Å². The van der Waals surface area contributed by atoms with Crippen LogP contribution in [-0.2, 0) is 4.79 Å². The molecule has 0 aromatic heterocycles. The third kappa shape index (κ3) is 4.77. The van der Waals surface area contributed by atoms with Gasteiger partial charge in [-0.2, -0.15) is 0 Å². The van der Waals surface area contributed by atoms with Crippen molar-refractivity contribution in [3.63, 3.8) is 0 Å². The van der Waals surface area contributed by atoms with Crippen LogP contribution in [0.2, 0.25) is 0 Å². The lowest BCUT2D eigenvalue weighted by molar-refractivity contribution is -0.111. The molecule has 3 heteroatoms. The van der Waals surface area contributed by atoms with Crippen molar-refractivity contribution in [2.24, 2.45) is 0 Å². The van der Waals surface area contributed by atoms with Gasteiger partial charge in [0.25, 0.3) is 0 Å². The molecule has 0 heterocycles. The molecule has 0 rings (SSSR count). The van der Waals surface area contributed by atoms with E-state index < -0.39 is 0 Å². The molecule has 0 amide bonds. The van der Waals surface area contributed by atoms with Crippen molar-refractivity contribution >= 4 is 16.8 Å². The van der Waals surface area contributed by atoms with E-state index in [1.165, 1.54) is 0 Å². The zero-order chi connectivity index (χ0) is 7.98. The van der Waals surface area contributed by atoms with E-state index in [9.17, 15) is 4.79 Å². The summed E-state index contributed by atoms with van der Waals surface area (Å²) in [5, 5.41) is 2.72. The summed E-state index contributed by atoms with van der Waals surface area (Å²) in [4.78, 5) is 10.3. The van der Waals surface area contributed by atoms with E-state index in [4.69, 9.17) is 11.6 Å². The molecule has 0 saturated heterocycles. The van der Waals surface area contributed by atoms with Crippen molar-refractivity contribution in [3.05, 3.63) is 0 Å². The zero-order valence-corrected chi connectivity index (χ0v) is 7.24. The van der Waals surface area contributed by atoms with Crippen LogP contribution in [-0.4, -0.2) is 17.8 Å². The second-order valence-corrected chi connectivity index (χ2v) is 2.67. The van der Waals surface area contributed by atoms with Crippen LogP contribution >= 0.6 is 11.6 Å². The average molecular weight is 164 g/mol. The maximum Gasteiger partial charge on any atom is 0.235 e. The fourth-order valence-electron chi connectivity index (χ4n) is 0.802. The summed E-state index contributed by atoms with van der Waals surface area (Å²) in [6, 6.07) is 0.433. The third-order valence-corrected chi connectivity index (χ3v) is 1.65. The predicted octanol–water partition coefficient (Wildman–Crippen LogP) is 1.53. The molecular formula is C7H14ClNO. The van der Waals surface area contributed by atoms with Gasteiger partial charge >= 0.3 is 0 Å². The van der Waals surface area contributed by atoms with Gasteiger partial charge < -0.3 is 5.32 Å². The van der Waals surface area contributed by atoms with Crippen LogP contribution in [0.1, 0.15) is 26.7 Å². The number of halogens is 1. The molecule has 0 aromatic rings. The van der Waals surface area contributed by atoms with Gasteiger partial charge in [0.2, 0.25) is 5.24 Å². The van der Waals surface area contributed by atoms with Gasteiger partial charge in [-0.3, -0.25) is 4.79 Å². The Balaban J connectivity index is 3.34. The van der Waals surface area contributed by atoms with Crippen molar-refractivity contribution in [1.29, 1.82) is 0 Å². The summed E-state index contributed by atoms with van der Waals surface area (Å²) in [6.45, 7) is 4.45. The topological polar surface area (TPSA) is 29.1 Å². The van der Waals surface area contributed by atoms with E-state index in [0.29, 0.717) is 6.04 Å². The van der Waals surface area contributed by atoms with E-state index in [-0.39, 0.29) is 11.8 Å². The number of hydrogen-bond acceptors (Lipinski definition) is 2. The molecule has 60 valence electrons. The Labute approximate surface area is 66.9 Å². The van der Waals surface area contributed by atoms with E-state index in [1.807, 2.05) is 0 Å². The Kier molecular flexibility index (Phi) is 5.64. The standard InChI is InChI=1S/C7H14ClNO/c1-3-6(4-2)9-5-7(8)10/h6,9H,3-5H2,1-2H3. The van der Waals surface area contributed by atoms with E-state index in [2.05, 4.69) is 19.2 Å². The number of hydrogen-bond donors (Lipinski definition) is 1. The molecule has 0 saturated carbocycles. The molecule has 0 spiro atoms. The Morgan fingerprint density at radius 1 is 1.50 bits per heavy atom. The van der Waals surface area contributed by atoms with Crippen molar-refractivity contribution in [2.45, 2.75) is 32.7 Å². The Morgan fingerprint density at radius 3 is 2.30 bits per heavy atom. The van der Waals surface area contributed by atoms with E-state index in [0.717, 1.165) is 12.8 Å². The molecule has 10 heavy (non-hydrogen) atoms. The van der Waals surface area contributed by atoms with Gasteiger partial charge in [-0.25, -0.2) is 0 Å². The second kappa shape index (κ2) is 5.69. The summed E-state index contributed by atoms with van der Waals surface area (Å²) in [6.07, 6.45) is 2.08. The SMILES string of the molecule is CCC(CC)NCC(=O)Cl. The summed E-state index contributed by atoms with van der Waals surface area (Å²) in [7, 11) is 0. The summed E-state index contributed by atoms with van der Waals surface area (Å²) >= 11 is 5.13. The maximum absolute atomic E-state index is 10.3. The zero-order valence-electron chi connectivity index (χ0n) is 6.48. The normalized spacial score (nSPS) is 10.4. The van der Waals surface area contributed by atoms with Gasteiger partial charge in [0.15, 0.2) is 0 Å². The van der Waals surface area contributed by atoms with Crippen LogP contribution in [0.4, 0.5) is 0 Å². The molecule has 1 N–H and O–H groups in total. The number of carbonyl (C=O) groups is 1. The summed E-state index contributed by atoms with van der Waals surface area (Å²) < 4.78 is 0. The van der Waals surface area contributed by atoms with Crippen LogP contribution in [0.25, 0.3) is 0 Å². The number of rotatable bonds is 5. The first-order valence-corrected chi connectivity index (χ1v) is 4.00. The molecule has 0 radical (unpaired) electrons. The molecule has 2 nitrogen and oxygen atoms in total. The van der Waals surface area contributed by atoms with Crippen molar-refractivity contribution in [1.82, 2.24) is 5.32 Å². The predicted molar refractivity (Wildman–Crippen MR) is 43.2 cm³/mol. The van der Waals surface area contributed by atoms with Gasteiger partial charge in [0, 0.05) is 6.04 Å². The van der Waals surface area contributed by atoms with Crippen molar-refractivity contribution < 1.29 is 4.79 Å². The number of carbonyl (C=O) groups excluding carboxylic acids is 1. The fourth-order valence-corrected chi connectivity index (χ4v) is 0.879. The highest BCUT2D eigenvalue weighted by Gasteiger charge is 2.02. The summed E-state index contributed by atoms with van der Waals surface area (Å²) in [5.41, 5.74) is 0. The molecular weight excluding hydrogens is 150 g/mol. The Hall–Kier alpha value is -0.0800. The lowest BCUT2D eigenvalue weighted by atomic mass is 10.2. The van der Waals surface area contributed by atoms with E-state index >= 15 is 0 Å². The third-order valence-electron chi connectivity index (χ3n) is 1.52. The smallest absolute Gasteiger partial charge is 0.235 e. The lowest BCUT2D eigenvalue weighted by Crippen LogP contribution is -2.31. The van der Waals surface area contributed by atoms with Crippen LogP contribution in [0.5, 0.6) is 0 Å². The minimum absolute atomic E-state index is 0.286. The van der Waals surface area contributed by atoms with Gasteiger partial charge in [-0.1, -0.05) is 13.8 Å². The van der Waals surface area contributed by atoms with Gasteiger partial charge in [0.05, 0.1) is 6.54 Å². The highest BCUT2D eigenvalue weighted by Crippen LogP contribution is 1.95. The highest BCUT2D eigenvalue weighted by molar-refractivity contribution is 6.64. The second-order valence-electron chi connectivity index (χ2n) is 2.25. The molecule has 0 aliphatic rings. The van der Waals surface area contributed by atoms with Crippen molar-refractivity contribution in [3.8, 4) is 0 Å². The minimum Gasteiger partial charge on any atom is -0.306 e. The molecule has 0 aliphatic heterocycles. The first kappa shape index (κ1) is 9.92. The van der Waals surface area contributed by atoms with Crippen LogP contribution in [0, 0.1) is 0 Å².